The molecule has 2 nitrogen and oxygen atoms in total. The average molecular weight is 256 g/mol. The quantitative estimate of drug-likeness (QED) is 0.507. The molecule has 19 heavy (non-hydrogen) atoms. The summed E-state index contributed by atoms with van der Waals surface area (Å²) in [5.74, 6) is 0. The molecule has 0 amide bonds. The zero-order chi connectivity index (χ0) is 14.8. The Bertz CT molecular complexity index is 548. The van der Waals surface area contributed by atoms with Crippen LogP contribution < -0.4 is 0 Å². The second-order valence-corrected chi connectivity index (χ2v) is 3.58. The number of allylic oxidation sites excluding steroid dienone is 1. The monoisotopic (exact) mass is 256 g/mol. The number of benzene rings is 1. The van der Waals surface area contributed by atoms with Crippen LogP contribution in [0.5, 0.6) is 0 Å². The van der Waals surface area contributed by atoms with E-state index in [4.69, 9.17) is 0 Å². The number of aryl methyl sites for hydroxylation is 1. The van der Waals surface area contributed by atoms with Crippen molar-refractivity contribution in [2.75, 3.05) is 0 Å². The smallest absolute Gasteiger partial charge is 0.0952 e. The summed E-state index contributed by atoms with van der Waals surface area (Å²) in [5.41, 5.74) is 3.09. The molecule has 1 aromatic heterocycles. The zero-order valence-corrected chi connectivity index (χ0v) is 12.5. The standard InChI is InChI=1S/C12H12N2.C3H6.C2H6/c1-4-10-12(13-2)9-7-5-6-8-11(9)14(10)3;1-3-2;1-2/h4-8H,1-2H2,3H3;3H,1H2,2H3;1-2H3. The molecular formula is C17H24N2. The first-order chi connectivity index (χ1) is 9.21. The van der Waals surface area contributed by atoms with Gasteiger partial charge in [-0.15, -0.1) is 6.58 Å². The van der Waals surface area contributed by atoms with Crippen LogP contribution in [-0.4, -0.2) is 11.3 Å². The number of hydrogen-bond acceptors (Lipinski definition) is 1. The number of hydrogen-bond donors (Lipinski definition) is 0. The molecule has 1 aromatic carbocycles. The van der Waals surface area contributed by atoms with Gasteiger partial charge in [-0.2, -0.15) is 0 Å². The van der Waals surface area contributed by atoms with Crippen molar-refractivity contribution in [3.8, 4) is 0 Å². The first-order valence-electron chi connectivity index (χ1n) is 6.44. The maximum Gasteiger partial charge on any atom is 0.0952 e. The van der Waals surface area contributed by atoms with Gasteiger partial charge in [0.15, 0.2) is 0 Å². The fourth-order valence-corrected chi connectivity index (χ4v) is 1.79. The third-order valence-electron chi connectivity index (χ3n) is 2.48. The van der Waals surface area contributed by atoms with Gasteiger partial charge < -0.3 is 4.57 Å². The Hall–Kier alpha value is -2.09. The van der Waals surface area contributed by atoms with E-state index in [1.807, 2.05) is 52.1 Å². The van der Waals surface area contributed by atoms with E-state index in [1.165, 1.54) is 0 Å². The van der Waals surface area contributed by atoms with E-state index in [2.05, 4.69) is 35.5 Å². The van der Waals surface area contributed by atoms with Crippen LogP contribution in [0.4, 0.5) is 5.69 Å². The van der Waals surface area contributed by atoms with Crippen LogP contribution in [0.1, 0.15) is 26.5 Å². The van der Waals surface area contributed by atoms with Crippen LogP contribution in [0.25, 0.3) is 17.0 Å². The fraction of sp³-hybridized carbons (Fsp3) is 0.235. The minimum atomic E-state index is 0.915. The Morgan fingerprint density at radius 2 is 1.68 bits per heavy atom. The van der Waals surface area contributed by atoms with Gasteiger partial charge in [-0.25, -0.2) is 0 Å². The summed E-state index contributed by atoms with van der Waals surface area (Å²) in [6.45, 7) is 16.6. The Morgan fingerprint density at radius 3 is 2.16 bits per heavy atom. The van der Waals surface area contributed by atoms with Gasteiger partial charge in [-0.3, -0.25) is 4.99 Å². The molecule has 0 atom stereocenters. The summed E-state index contributed by atoms with van der Waals surface area (Å²) in [4.78, 5) is 4.05. The van der Waals surface area contributed by atoms with Crippen molar-refractivity contribution < 1.29 is 0 Å². The molecule has 0 fully saturated rings. The minimum Gasteiger partial charge on any atom is -0.342 e. The van der Waals surface area contributed by atoms with Gasteiger partial charge in [0.25, 0.3) is 0 Å². The highest BCUT2D eigenvalue weighted by Gasteiger charge is 2.09. The first kappa shape index (κ1) is 16.9. The number of fused-ring (bicyclic) bond motifs is 1. The van der Waals surface area contributed by atoms with Crippen LogP contribution in [-0.2, 0) is 7.05 Å². The molecule has 0 radical (unpaired) electrons. The maximum absolute atomic E-state index is 4.05. The Balaban J connectivity index is 0.000000573. The van der Waals surface area contributed by atoms with Crippen molar-refractivity contribution in [3.05, 3.63) is 49.2 Å². The molecule has 0 spiro atoms. The second kappa shape index (κ2) is 8.92. The number of aliphatic imine (C=N–C) groups is 1. The molecule has 2 aromatic rings. The molecule has 102 valence electrons. The Labute approximate surface area is 116 Å². The summed E-state index contributed by atoms with van der Waals surface area (Å²) in [7, 11) is 2.01. The van der Waals surface area contributed by atoms with Gasteiger partial charge in [-0.05, 0) is 25.8 Å². The van der Waals surface area contributed by atoms with E-state index in [9.17, 15) is 0 Å². The van der Waals surface area contributed by atoms with Crippen LogP contribution in [0, 0.1) is 0 Å². The summed E-state index contributed by atoms with van der Waals surface area (Å²) in [6.07, 6.45) is 3.56. The van der Waals surface area contributed by atoms with Crippen molar-refractivity contribution in [2.45, 2.75) is 20.8 Å². The lowest BCUT2D eigenvalue weighted by Crippen LogP contribution is -1.88. The van der Waals surface area contributed by atoms with E-state index < -0.39 is 0 Å². The second-order valence-electron chi connectivity index (χ2n) is 3.58. The van der Waals surface area contributed by atoms with Crippen molar-refractivity contribution >= 4 is 29.4 Å². The minimum absolute atomic E-state index is 0.915. The number of rotatable bonds is 2. The highest BCUT2D eigenvalue weighted by atomic mass is 15.0. The van der Waals surface area contributed by atoms with Crippen LogP contribution >= 0.6 is 0 Å². The van der Waals surface area contributed by atoms with Crippen molar-refractivity contribution in [1.82, 2.24) is 4.57 Å². The lowest BCUT2D eigenvalue weighted by Gasteiger charge is -1.97. The van der Waals surface area contributed by atoms with E-state index in [0.717, 1.165) is 22.3 Å². The third kappa shape index (κ3) is 3.68. The number of aromatic nitrogens is 1. The molecule has 2 heteroatoms. The average Bonchev–Trinajstić information content (AvgIpc) is 2.74. The molecule has 1 heterocycles. The van der Waals surface area contributed by atoms with Gasteiger partial charge in [-0.1, -0.05) is 44.7 Å². The molecule has 0 aliphatic rings. The Morgan fingerprint density at radius 1 is 1.16 bits per heavy atom. The fourth-order valence-electron chi connectivity index (χ4n) is 1.79. The van der Waals surface area contributed by atoms with Crippen LogP contribution in [0.3, 0.4) is 0 Å². The van der Waals surface area contributed by atoms with Gasteiger partial charge in [0.1, 0.15) is 0 Å². The van der Waals surface area contributed by atoms with Crippen molar-refractivity contribution in [2.24, 2.45) is 12.0 Å². The predicted octanol–water partition coefficient (Wildman–Crippen LogP) is 5.37. The molecule has 0 aliphatic carbocycles. The lowest BCUT2D eigenvalue weighted by molar-refractivity contribution is 0.955. The van der Waals surface area contributed by atoms with Crippen LogP contribution in [0.2, 0.25) is 0 Å². The summed E-state index contributed by atoms with van der Waals surface area (Å²) < 4.78 is 2.08. The summed E-state index contributed by atoms with van der Waals surface area (Å²) >= 11 is 0. The Kier molecular flexibility index (Phi) is 7.94. The van der Waals surface area contributed by atoms with Gasteiger partial charge in [0.2, 0.25) is 0 Å². The highest BCUT2D eigenvalue weighted by Crippen LogP contribution is 2.32. The summed E-state index contributed by atoms with van der Waals surface area (Å²) in [6, 6.07) is 8.13. The molecule has 0 saturated heterocycles. The molecule has 0 saturated carbocycles. The molecule has 0 N–H and O–H groups in total. The van der Waals surface area contributed by atoms with Gasteiger partial charge in [0, 0.05) is 12.4 Å². The predicted molar refractivity (Wildman–Crippen MR) is 89.4 cm³/mol. The van der Waals surface area contributed by atoms with E-state index in [-0.39, 0.29) is 0 Å². The first-order valence-corrected chi connectivity index (χ1v) is 6.44. The molecular weight excluding hydrogens is 232 g/mol. The van der Waals surface area contributed by atoms with E-state index in [1.54, 1.807) is 6.08 Å². The van der Waals surface area contributed by atoms with Gasteiger partial charge in [0.05, 0.1) is 16.9 Å². The van der Waals surface area contributed by atoms with Gasteiger partial charge >= 0.3 is 0 Å². The van der Waals surface area contributed by atoms with E-state index in [0.29, 0.717) is 0 Å². The number of para-hydroxylation sites is 1. The largest absolute Gasteiger partial charge is 0.342 e. The zero-order valence-electron chi connectivity index (χ0n) is 12.5. The number of nitrogens with zero attached hydrogens (tertiary/aromatic N) is 2. The molecule has 0 aliphatic heterocycles. The third-order valence-corrected chi connectivity index (χ3v) is 2.48. The maximum atomic E-state index is 4.05. The van der Waals surface area contributed by atoms with Crippen molar-refractivity contribution in [1.29, 1.82) is 0 Å². The van der Waals surface area contributed by atoms with E-state index >= 15 is 0 Å². The summed E-state index contributed by atoms with van der Waals surface area (Å²) in [5, 5.41) is 1.12. The van der Waals surface area contributed by atoms with Crippen LogP contribution in [0.15, 0.2) is 48.5 Å². The topological polar surface area (TPSA) is 17.3 Å². The molecule has 0 bridgehead atoms. The molecule has 2 rings (SSSR count). The SMILES string of the molecule is C=CC.C=Cc1c(N=C)c2ccccc2n1C.CC. The molecule has 0 unspecified atom stereocenters. The lowest BCUT2D eigenvalue weighted by atomic mass is 10.2. The highest BCUT2D eigenvalue weighted by molar-refractivity contribution is 5.96. The normalized spacial score (nSPS) is 8.63. The van der Waals surface area contributed by atoms with Crippen molar-refractivity contribution in [3.63, 3.8) is 0 Å².